The SMILES string of the molecule is C=C1[C@@H](C)[C@H]2[C@H](Cc3c[nH]c4ccccc34)NC(=O)[C@]23C(=O)C[C@H]2C(=O)C(O)=C(C)[C@@H]2[C@@H](C)C/C=C/[C@H]3[C@@H]1O. The van der Waals surface area contributed by atoms with E-state index in [1.165, 1.54) is 0 Å². The van der Waals surface area contributed by atoms with Crippen molar-refractivity contribution >= 4 is 28.4 Å². The van der Waals surface area contributed by atoms with Crippen LogP contribution in [0.25, 0.3) is 10.9 Å². The summed E-state index contributed by atoms with van der Waals surface area (Å²) < 4.78 is 0. The second-order valence-electron chi connectivity index (χ2n) is 12.2. The summed E-state index contributed by atoms with van der Waals surface area (Å²) in [6, 6.07) is 7.62. The number of fused-ring (bicyclic) bond motifs is 2. The van der Waals surface area contributed by atoms with Gasteiger partial charge >= 0.3 is 0 Å². The van der Waals surface area contributed by atoms with Crippen LogP contribution in [0.3, 0.4) is 0 Å². The number of allylic oxidation sites excluding steroid dienone is 3. The highest BCUT2D eigenvalue weighted by Crippen LogP contribution is 2.58. The van der Waals surface area contributed by atoms with E-state index in [1.54, 1.807) is 6.92 Å². The molecule has 3 aliphatic carbocycles. The van der Waals surface area contributed by atoms with Gasteiger partial charge in [-0.3, -0.25) is 14.4 Å². The second-order valence-corrected chi connectivity index (χ2v) is 12.2. The number of para-hydroxylation sites is 1. The lowest BCUT2D eigenvalue weighted by molar-refractivity contribution is -0.153. The number of carbonyl (C=O) groups is 3. The largest absolute Gasteiger partial charge is 0.504 e. The molecule has 0 bridgehead atoms. The maximum Gasteiger partial charge on any atom is 0.235 e. The molecule has 0 unspecified atom stereocenters. The van der Waals surface area contributed by atoms with Gasteiger partial charge in [0.1, 0.15) is 11.2 Å². The average molecular weight is 529 g/mol. The van der Waals surface area contributed by atoms with Crippen molar-refractivity contribution in [1.29, 1.82) is 0 Å². The number of H-pyrrole nitrogens is 1. The Bertz CT molecular complexity index is 1470. The van der Waals surface area contributed by atoms with Crippen molar-refractivity contribution in [2.24, 2.45) is 40.9 Å². The predicted octanol–water partition coefficient (Wildman–Crippen LogP) is 4.20. The lowest BCUT2D eigenvalue weighted by atomic mass is 9.51. The molecule has 7 heteroatoms. The Labute approximate surface area is 228 Å². The van der Waals surface area contributed by atoms with Crippen LogP contribution >= 0.6 is 0 Å². The van der Waals surface area contributed by atoms with Gasteiger partial charge in [0.2, 0.25) is 11.7 Å². The van der Waals surface area contributed by atoms with E-state index in [0.29, 0.717) is 24.0 Å². The smallest absolute Gasteiger partial charge is 0.235 e. The number of rotatable bonds is 2. The van der Waals surface area contributed by atoms with Crippen molar-refractivity contribution in [1.82, 2.24) is 10.3 Å². The second kappa shape index (κ2) is 9.05. The minimum atomic E-state index is -1.54. The van der Waals surface area contributed by atoms with Crippen LogP contribution in [0.1, 0.15) is 39.2 Å². The molecule has 1 saturated carbocycles. The van der Waals surface area contributed by atoms with Gasteiger partial charge in [0.25, 0.3) is 0 Å². The quantitative estimate of drug-likeness (QED) is 0.344. The molecule has 2 fully saturated rings. The molecule has 2 heterocycles. The topological polar surface area (TPSA) is 119 Å². The van der Waals surface area contributed by atoms with Crippen molar-refractivity contribution in [3.05, 3.63) is 71.7 Å². The molecule has 4 aliphatic rings. The third kappa shape index (κ3) is 3.48. The number of aliphatic hydroxyl groups excluding tert-OH is 2. The van der Waals surface area contributed by atoms with Gasteiger partial charge < -0.3 is 20.5 Å². The fraction of sp³-hybridized carbons (Fsp3) is 0.469. The van der Waals surface area contributed by atoms with Crippen molar-refractivity contribution in [3.8, 4) is 0 Å². The average Bonchev–Trinajstić information content (AvgIpc) is 3.52. The first-order valence-corrected chi connectivity index (χ1v) is 14.0. The Balaban J connectivity index is 1.47. The summed E-state index contributed by atoms with van der Waals surface area (Å²) in [7, 11) is 0. The Morgan fingerprint density at radius 3 is 2.67 bits per heavy atom. The van der Waals surface area contributed by atoms with E-state index in [4.69, 9.17) is 0 Å². The van der Waals surface area contributed by atoms with E-state index >= 15 is 0 Å². The number of carbonyl (C=O) groups excluding carboxylic acids is 3. The van der Waals surface area contributed by atoms with Crippen molar-refractivity contribution in [3.63, 3.8) is 0 Å². The number of hydrogen-bond donors (Lipinski definition) is 4. The molecule has 7 nitrogen and oxygen atoms in total. The molecule has 39 heavy (non-hydrogen) atoms. The van der Waals surface area contributed by atoms with Crippen LogP contribution in [0.4, 0.5) is 0 Å². The number of benzene rings is 1. The molecule has 204 valence electrons. The van der Waals surface area contributed by atoms with Crippen molar-refractivity contribution in [2.75, 3.05) is 0 Å². The molecule has 1 spiro atoms. The van der Waals surface area contributed by atoms with Gasteiger partial charge in [-0.05, 0) is 60.3 Å². The van der Waals surface area contributed by atoms with E-state index in [0.717, 1.165) is 16.5 Å². The van der Waals surface area contributed by atoms with Gasteiger partial charge in [0.15, 0.2) is 5.76 Å². The monoisotopic (exact) mass is 528 g/mol. The number of amides is 1. The molecule has 1 amide bonds. The Morgan fingerprint density at radius 1 is 1.15 bits per heavy atom. The number of hydrogen-bond acceptors (Lipinski definition) is 5. The van der Waals surface area contributed by atoms with Crippen LogP contribution in [0.5, 0.6) is 0 Å². The summed E-state index contributed by atoms with van der Waals surface area (Å²) in [6.07, 6.45) is 5.63. The first kappa shape index (κ1) is 25.8. The van der Waals surface area contributed by atoms with Crippen LogP contribution < -0.4 is 5.32 Å². The maximum absolute atomic E-state index is 14.6. The fourth-order valence-electron chi connectivity index (χ4n) is 8.40. The zero-order valence-electron chi connectivity index (χ0n) is 22.6. The van der Waals surface area contributed by atoms with Gasteiger partial charge in [-0.15, -0.1) is 0 Å². The first-order chi connectivity index (χ1) is 18.6. The molecule has 1 aromatic heterocycles. The normalized spacial score (nSPS) is 39.4. The van der Waals surface area contributed by atoms with E-state index in [-0.39, 0.29) is 47.7 Å². The summed E-state index contributed by atoms with van der Waals surface area (Å²) in [4.78, 5) is 45.2. The minimum absolute atomic E-state index is 0.00683. The van der Waals surface area contributed by atoms with Crippen LogP contribution in [-0.2, 0) is 20.8 Å². The minimum Gasteiger partial charge on any atom is -0.504 e. The molecule has 0 radical (unpaired) electrons. The highest BCUT2D eigenvalue weighted by atomic mass is 16.3. The number of aromatic nitrogens is 1. The summed E-state index contributed by atoms with van der Waals surface area (Å²) in [6.45, 7) is 9.93. The van der Waals surface area contributed by atoms with E-state index in [1.807, 2.05) is 56.5 Å². The van der Waals surface area contributed by atoms with Gasteiger partial charge in [0.05, 0.1) is 6.10 Å². The lowest BCUT2D eigenvalue weighted by Gasteiger charge is -2.49. The Hall–Kier alpha value is -3.45. The summed E-state index contributed by atoms with van der Waals surface area (Å²) in [5.74, 6) is -3.93. The van der Waals surface area contributed by atoms with Crippen molar-refractivity contribution in [2.45, 2.75) is 52.2 Å². The van der Waals surface area contributed by atoms with Gasteiger partial charge in [0, 0.05) is 47.3 Å². The fourth-order valence-corrected chi connectivity index (χ4v) is 8.40. The predicted molar refractivity (Wildman–Crippen MR) is 148 cm³/mol. The highest BCUT2D eigenvalue weighted by Gasteiger charge is 2.69. The number of ketones is 2. The molecular weight excluding hydrogens is 492 g/mol. The van der Waals surface area contributed by atoms with Gasteiger partial charge in [-0.2, -0.15) is 0 Å². The standard InChI is InChI=1S/C32H36N2O5/c1-15-8-7-10-22-28(36)17(3)16(2)27-24(12-19-14-33-23-11-6-5-9-20(19)23)34-31(39)32(22,27)25(35)13-21-26(15)18(4)29(37)30(21)38/h5-7,9-11,14-16,21-22,24,26-28,33,36-37H,3,8,12-13H2,1-2,4H3,(H,34,39)/b10-7+/t15-,16+,21+,22-,24-,26-,27-,28+,32+/m0/s1. The van der Waals surface area contributed by atoms with E-state index in [2.05, 4.69) is 16.9 Å². The summed E-state index contributed by atoms with van der Waals surface area (Å²) in [5.41, 5.74) is 1.74. The summed E-state index contributed by atoms with van der Waals surface area (Å²) >= 11 is 0. The molecule has 1 aliphatic heterocycles. The Kier molecular flexibility index (Phi) is 5.99. The van der Waals surface area contributed by atoms with Gasteiger partial charge in [-0.1, -0.05) is 50.8 Å². The molecular formula is C32H36N2O5. The van der Waals surface area contributed by atoms with Crippen LogP contribution in [-0.4, -0.2) is 44.8 Å². The third-order valence-electron chi connectivity index (χ3n) is 10.3. The van der Waals surface area contributed by atoms with Crippen LogP contribution in [0, 0.1) is 40.9 Å². The maximum atomic E-state index is 14.6. The first-order valence-electron chi connectivity index (χ1n) is 14.0. The molecule has 1 saturated heterocycles. The molecule has 1 aromatic carbocycles. The number of nitrogens with one attached hydrogen (secondary N) is 2. The van der Waals surface area contributed by atoms with E-state index in [9.17, 15) is 24.6 Å². The van der Waals surface area contributed by atoms with Crippen LogP contribution in [0.2, 0.25) is 0 Å². The molecule has 6 rings (SSSR count). The molecule has 9 atom stereocenters. The van der Waals surface area contributed by atoms with E-state index < -0.39 is 35.1 Å². The van der Waals surface area contributed by atoms with Crippen molar-refractivity contribution < 1.29 is 24.6 Å². The number of aliphatic hydroxyl groups is 2. The van der Waals surface area contributed by atoms with Gasteiger partial charge in [-0.25, -0.2) is 0 Å². The Morgan fingerprint density at radius 2 is 1.90 bits per heavy atom. The zero-order valence-corrected chi connectivity index (χ0v) is 22.6. The zero-order chi connectivity index (χ0) is 27.8. The lowest BCUT2D eigenvalue weighted by Crippen LogP contribution is -2.59. The third-order valence-corrected chi connectivity index (χ3v) is 10.3. The summed E-state index contributed by atoms with van der Waals surface area (Å²) in [5, 5.41) is 26.3. The van der Waals surface area contributed by atoms with Crippen LogP contribution in [0.15, 0.2) is 66.1 Å². The molecule has 2 aromatic rings. The number of aromatic amines is 1. The molecule has 4 N–H and O–H groups in total. The highest BCUT2D eigenvalue weighted by molar-refractivity contribution is 6.11. The number of Topliss-reactive ketones (excluding diaryl/α,β-unsaturated/α-hetero) is 2.